The van der Waals surface area contributed by atoms with Gasteiger partial charge in [0.15, 0.2) is 0 Å². The number of hydrogen-bond acceptors (Lipinski definition) is 3. The van der Waals surface area contributed by atoms with Crippen LogP contribution in [0.15, 0.2) is 0 Å². The number of methoxy groups -OCH3 is 1. The second kappa shape index (κ2) is 4.78. The van der Waals surface area contributed by atoms with E-state index >= 15 is 0 Å². The number of carbonyl (C=O) groups is 1. The first-order valence-corrected chi connectivity index (χ1v) is 5.42. The molecule has 0 aromatic rings. The summed E-state index contributed by atoms with van der Waals surface area (Å²) < 4.78 is 4.66. The lowest BCUT2D eigenvalue weighted by Crippen LogP contribution is -2.31. The summed E-state index contributed by atoms with van der Waals surface area (Å²) in [4.78, 5) is 11.1. The standard InChI is InChI=1S/C11H21NO2/c1-4-11(5-6-11)8-12-7-9(2)10(13)14-3/h9,12H,4-8H2,1-3H3. The van der Waals surface area contributed by atoms with Crippen molar-refractivity contribution in [3.8, 4) is 0 Å². The number of ether oxygens (including phenoxy) is 1. The number of esters is 1. The van der Waals surface area contributed by atoms with Crippen molar-refractivity contribution in [2.45, 2.75) is 33.1 Å². The van der Waals surface area contributed by atoms with Crippen molar-refractivity contribution in [2.24, 2.45) is 11.3 Å². The molecule has 3 heteroatoms. The van der Waals surface area contributed by atoms with Crippen LogP contribution in [0.25, 0.3) is 0 Å². The lowest BCUT2D eigenvalue weighted by atomic mass is 10.0. The molecule has 0 saturated heterocycles. The Bertz CT molecular complexity index is 199. The molecule has 1 aliphatic carbocycles. The van der Waals surface area contributed by atoms with E-state index in [4.69, 9.17) is 0 Å². The van der Waals surface area contributed by atoms with Crippen LogP contribution >= 0.6 is 0 Å². The van der Waals surface area contributed by atoms with E-state index in [0.717, 1.165) is 13.1 Å². The van der Waals surface area contributed by atoms with Crippen LogP contribution in [-0.4, -0.2) is 26.2 Å². The van der Waals surface area contributed by atoms with Crippen molar-refractivity contribution in [3.63, 3.8) is 0 Å². The zero-order chi connectivity index (χ0) is 10.6. The zero-order valence-corrected chi connectivity index (χ0v) is 9.43. The highest BCUT2D eigenvalue weighted by Gasteiger charge is 2.39. The van der Waals surface area contributed by atoms with Crippen LogP contribution in [0, 0.1) is 11.3 Å². The summed E-state index contributed by atoms with van der Waals surface area (Å²) in [6.07, 6.45) is 3.92. The molecule has 1 aliphatic rings. The van der Waals surface area contributed by atoms with Gasteiger partial charge in [-0.05, 0) is 24.7 Å². The lowest BCUT2D eigenvalue weighted by molar-refractivity contribution is -0.144. The number of nitrogens with one attached hydrogen (secondary N) is 1. The van der Waals surface area contributed by atoms with E-state index < -0.39 is 0 Å². The van der Waals surface area contributed by atoms with Gasteiger partial charge in [0.1, 0.15) is 0 Å². The Kier molecular flexibility index (Phi) is 3.93. The van der Waals surface area contributed by atoms with Crippen LogP contribution < -0.4 is 5.32 Å². The van der Waals surface area contributed by atoms with Crippen molar-refractivity contribution in [2.75, 3.05) is 20.2 Å². The predicted octanol–water partition coefficient (Wildman–Crippen LogP) is 1.58. The molecule has 0 aromatic heterocycles. The van der Waals surface area contributed by atoms with Crippen LogP contribution in [0.3, 0.4) is 0 Å². The second-order valence-corrected chi connectivity index (χ2v) is 4.41. The van der Waals surface area contributed by atoms with Crippen molar-refractivity contribution in [1.82, 2.24) is 5.32 Å². The molecule has 1 fully saturated rings. The molecule has 0 radical (unpaired) electrons. The quantitative estimate of drug-likeness (QED) is 0.660. The third-order valence-electron chi connectivity index (χ3n) is 3.26. The van der Waals surface area contributed by atoms with E-state index in [1.807, 2.05) is 6.92 Å². The van der Waals surface area contributed by atoms with Crippen LogP contribution in [0.1, 0.15) is 33.1 Å². The maximum atomic E-state index is 11.1. The normalized spacial score (nSPS) is 20.2. The van der Waals surface area contributed by atoms with Gasteiger partial charge in [-0.1, -0.05) is 13.8 Å². The van der Waals surface area contributed by atoms with Gasteiger partial charge in [0.2, 0.25) is 0 Å². The first-order valence-electron chi connectivity index (χ1n) is 5.42. The highest BCUT2D eigenvalue weighted by Crippen LogP contribution is 2.47. The maximum absolute atomic E-state index is 11.1. The first-order chi connectivity index (χ1) is 6.63. The number of carbonyl (C=O) groups excluding carboxylic acids is 1. The Morgan fingerprint density at radius 3 is 2.64 bits per heavy atom. The molecule has 1 unspecified atom stereocenters. The topological polar surface area (TPSA) is 38.3 Å². The fraction of sp³-hybridized carbons (Fsp3) is 0.909. The molecule has 82 valence electrons. The van der Waals surface area contributed by atoms with Crippen LogP contribution in [0.5, 0.6) is 0 Å². The van der Waals surface area contributed by atoms with Crippen molar-refractivity contribution < 1.29 is 9.53 Å². The fourth-order valence-corrected chi connectivity index (χ4v) is 1.67. The van der Waals surface area contributed by atoms with E-state index in [-0.39, 0.29) is 11.9 Å². The molecule has 0 amide bonds. The summed E-state index contributed by atoms with van der Waals surface area (Å²) in [5.74, 6) is -0.161. The van der Waals surface area contributed by atoms with E-state index in [1.54, 1.807) is 0 Å². The Labute approximate surface area is 86.2 Å². The van der Waals surface area contributed by atoms with E-state index in [2.05, 4.69) is 17.0 Å². The van der Waals surface area contributed by atoms with Crippen molar-refractivity contribution in [3.05, 3.63) is 0 Å². The number of hydrogen-bond donors (Lipinski definition) is 1. The minimum atomic E-state index is -0.126. The van der Waals surface area contributed by atoms with E-state index in [1.165, 1.54) is 26.4 Å². The predicted molar refractivity (Wildman–Crippen MR) is 56.0 cm³/mol. The highest BCUT2D eigenvalue weighted by atomic mass is 16.5. The summed E-state index contributed by atoms with van der Waals surface area (Å²) in [7, 11) is 1.44. The molecule has 0 heterocycles. The van der Waals surface area contributed by atoms with Gasteiger partial charge in [-0.3, -0.25) is 4.79 Å². The van der Waals surface area contributed by atoms with Gasteiger partial charge >= 0.3 is 5.97 Å². The largest absolute Gasteiger partial charge is 0.469 e. The Balaban J connectivity index is 2.12. The van der Waals surface area contributed by atoms with Gasteiger partial charge in [-0.2, -0.15) is 0 Å². The average molecular weight is 199 g/mol. The molecule has 3 nitrogen and oxygen atoms in total. The molecule has 14 heavy (non-hydrogen) atoms. The van der Waals surface area contributed by atoms with Crippen LogP contribution in [-0.2, 0) is 9.53 Å². The Hall–Kier alpha value is -0.570. The van der Waals surface area contributed by atoms with Gasteiger partial charge in [0, 0.05) is 13.1 Å². The Morgan fingerprint density at radius 1 is 1.57 bits per heavy atom. The Morgan fingerprint density at radius 2 is 2.21 bits per heavy atom. The monoisotopic (exact) mass is 199 g/mol. The van der Waals surface area contributed by atoms with E-state index in [9.17, 15) is 4.79 Å². The maximum Gasteiger partial charge on any atom is 0.309 e. The molecule has 0 spiro atoms. The van der Waals surface area contributed by atoms with Crippen LogP contribution in [0.4, 0.5) is 0 Å². The summed E-state index contributed by atoms with van der Waals surface area (Å²) in [5, 5.41) is 3.35. The van der Waals surface area contributed by atoms with Crippen LogP contribution in [0.2, 0.25) is 0 Å². The van der Waals surface area contributed by atoms with Crippen molar-refractivity contribution in [1.29, 1.82) is 0 Å². The molecular formula is C11H21NO2. The molecule has 1 rings (SSSR count). The molecule has 0 bridgehead atoms. The summed E-state index contributed by atoms with van der Waals surface area (Å²) >= 11 is 0. The summed E-state index contributed by atoms with van der Waals surface area (Å²) in [5.41, 5.74) is 0.551. The average Bonchev–Trinajstić information content (AvgIpc) is 2.97. The van der Waals surface area contributed by atoms with Gasteiger partial charge < -0.3 is 10.1 Å². The zero-order valence-electron chi connectivity index (χ0n) is 9.43. The van der Waals surface area contributed by atoms with Crippen molar-refractivity contribution >= 4 is 5.97 Å². The van der Waals surface area contributed by atoms with E-state index in [0.29, 0.717) is 5.41 Å². The molecule has 1 saturated carbocycles. The lowest BCUT2D eigenvalue weighted by Gasteiger charge is -2.15. The smallest absolute Gasteiger partial charge is 0.309 e. The SMILES string of the molecule is CCC1(CNCC(C)C(=O)OC)CC1. The number of rotatable bonds is 6. The minimum absolute atomic E-state index is 0.0346. The molecule has 0 aliphatic heterocycles. The molecular weight excluding hydrogens is 178 g/mol. The molecule has 1 atom stereocenters. The van der Waals surface area contributed by atoms with Gasteiger partial charge in [-0.15, -0.1) is 0 Å². The van der Waals surface area contributed by atoms with Gasteiger partial charge in [0.25, 0.3) is 0 Å². The fourth-order valence-electron chi connectivity index (χ4n) is 1.67. The summed E-state index contributed by atoms with van der Waals surface area (Å²) in [6.45, 7) is 5.90. The third kappa shape index (κ3) is 2.98. The van der Waals surface area contributed by atoms with Gasteiger partial charge in [0.05, 0.1) is 13.0 Å². The first kappa shape index (κ1) is 11.5. The van der Waals surface area contributed by atoms with Gasteiger partial charge in [-0.25, -0.2) is 0 Å². The highest BCUT2D eigenvalue weighted by molar-refractivity contribution is 5.71. The molecule has 0 aromatic carbocycles. The summed E-state index contributed by atoms with van der Waals surface area (Å²) in [6, 6.07) is 0. The molecule has 1 N–H and O–H groups in total. The second-order valence-electron chi connectivity index (χ2n) is 4.41. The minimum Gasteiger partial charge on any atom is -0.469 e. The third-order valence-corrected chi connectivity index (χ3v) is 3.26.